The number of hydrogen-bond donors (Lipinski definition) is 2. The minimum atomic E-state index is -1.47. The van der Waals surface area contributed by atoms with Crippen molar-refractivity contribution < 1.29 is 33.0 Å². The number of fused-ring (bicyclic) bond motifs is 1. The lowest BCUT2D eigenvalue weighted by Crippen LogP contribution is -2.44. The highest BCUT2D eigenvalue weighted by Crippen LogP contribution is 2.34. The van der Waals surface area contributed by atoms with Gasteiger partial charge in [0.2, 0.25) is 0 Å². The van der Waals surface area contributed by atoms with E-state index in [0.29, 0.717) is 36.4 Å². The van der Waals surface area contributed by atoms with Crippen molar-refractivity contribution in [3.8, 4) is 11.1 Å². The van der Waals surface area contributed by atoms with Gasteiger partial charge in [-0.15, -0.1) is 0 Å². The molecular weight excluding hydrogens is 548 g/mol. The van der Waals surface area contributed by atoms with E-state index in [-0.39, 0.29) is 36.9 Å². The monoisotopic (exact) mass is 581 g/mol. The molecule has 2 aliphatic heterocycles. The lowest BCUT2D eigenvalue weighted by atomic mass is 9.90. The number of carboxylic acid groups (broad SMARTS) is 1. The third-order valence-corrected chi connectivity index (χ3v) is 8.14. The van der Waals surface area contributed by atoms with Crippen molar-refractivity contribution in [2.24, 2.45) is 7.05 Å². The van der Waals surface area contributed by atoms with E-state index in [1.54, 1.807) is 28.6 Å². The molecule has 5 rings (SSSR count). The molecule has 0 radical (unpaired) electrons. The minimum absolute atomic E-state index is 0.108. The fraction of sp³-hybridized carbons (Fsp3) is 0.387. The molecule has 222 valence electrons. The van der Waals surface area contributed by atoms with Gasteiger partial charge >= 0.3 is 5.97 Å². The standard InChI is InChI=1S/C31H33F2N3O6/c1-16-9-17(2)35(4)30(38)27(16)21-6-5-19(22-14-42-15-23(21)22)10-26(31(39)40)34-29(37)28-24(32)11-20(12-25(28)33)36-7-8-41-13-18(36)3/h5-6,9,11-12,18,26H,7-8,10,13-15H2,1-4H3,(H,34,37)(H,39,40)/t18-,26-/m0/s1. The number of ether oxygens (including phenoxy) is 2. The van der Waals surface area contributed by atoms with E-state index in [2.05, 4.69) is 5.32 Å². The number of aryl methyl sites for hydroxylation is 2. The van der Waals surface area contributed by atoms with Gasteiger partial charge in [-0.05, 0) is 66.8 Å². The Morgan fingerprint density at radius 3 is 2.45 bits per heavy atom. The summed E-state index contributed by atoms with van der Waals surface area (Å²) in [4.78, 5) is 40.1. The third-order valence-electron chi connectivity index (χ3n) is 8.14. The number of carboxylic acids is 1. The number of halogens is 2. The fourth-order valence-corrected chi connectivity index (χ4v) is 5.78. The second-order valence-electron chi connectivity index (χ2n) is 10.9. The Balaban J connectivity index is 1.42. The van der Waals surface area contributed by atoms with Crippen molar-refractivity contribution in [2.45, 2.75) is 52.5 Å². The van der Waals surface area contributed by atoms with Gasteiger partial charge in [-0.25, -0.2) is 13.6 Å². The Kier molecular flexibility index (Phi) is 8.16. The number of carbonyl (C=O) groups is 2. The maximum atomic E-state index is 15.1. The van der Waals surface area contributed by atoms with Gasteiger partial charge in [-0.1, -0.05) is 12.1 Å². The minimum Gasteiger partial charge on any atom is -0.480 e. The van der Waals surface area contributed by atoms with Crippen LogP contribution in [0, 0.1) is 25.5 Å². The van der Waals surface area contributed by atoms with E-state index in [1.165, 1.54) is 0 Å². The molecule has 0 bridgehead atoms. The lowest BCUT2D eigenvalue weighted by molar-refractivity contribution is -0.139. The van der Waals surface area contributed by atoms with Gasteiger partial charge in [0, 0.05) is 37.4 Å². The summed E-state index contributed by atoms with van der Waals surface area (Å²) in [5.41, 5.74) is 4.27. The van der Waals surface area contributed by atoms with E-state index in [1.807, 2.05) is 26.8 Å². The molecule has 9 nitrogen and oxygen atoms in total. The first-order chi connectivity index (χ1) is 20.0. The molecule has 2 atom stereocenters. The number of benzene rings is 2. The van der Waals surface area contributed by atoms with Gasteiger partial charge in [0.25, 0.3) is 11.5 Å². The molecule has 0 aliphatic carbocycles. The molecule has 0 unspecified atom stereocenters. The summed E-state index contributed by atoms with van der Waals surface area (Å²) in [6.45, 7) is 7.28. The van der Waals surface area contributed by atoms with Crippen molar-refractivity contribution in [3.63, 3.8) is 0 Å². The molecule has 1 aromatic heterocycles. The Hall–Kier alpha value is -4.09. The topological polar surface area (TPSA) is 110 Å². The SMILES string of the molecule is Cc1cc(C)n(C)c(=O)c1-c1ccc(C[C@H](NC(=O)c2c(F)cc(N3CCOC[C@@H]3C)cc2F)C(=O)O)c2c1COC2. The predicted octanol–water partition coefficient (Wildman–Crippen LogP) is 3.63. The number of carbonyl (C=O) groups excluding carboxylic acids is 1. The highest BCUT2D eigenvalue weighted by atomic mass is 19.1. The number of nitrogens with zero attached hydrogens (tertiary/aromatic N) is 2. The number of amides is 1. The van der Waals surface area contributed by atoms with Gasteiger partial charge in [0.15, 0.2) is 0 Å². The van der Waals surface area contributed by atoms with Crippen molar-refractivity contribution in [1.29, 1.82) is 0 Å². The Morgan fingerprint density at radius 2 is 1.79 bits per heavy atom. The average molecular weight is 582 g/mol. The lowest BCUT2D eigenvalue weighted by Gasteiger charge is -2.35. The maximum Gasteiger partial charge on any atom is 0.326 e. The summed E-state index contributed by atoms with van der Waals surface area (Å²) in [7, 11) is 1.70. The van der Waals surface area contributed by atoms with Crippen LogP contribution in [0.2, 0.25) is 0 Å². The maximum absolute atomic E-state index is 15.1. The second-order valence-corrected chi connectivity index (χ2v) is 10.9. The van der Waals surface area contributed by atoms with Crippen LogP contribution in [0.5, 0.6) is 0 Å². The van der Waals surface area contributed by atoms with Gasteiger partial charge in [0.1, 0.15) is 23.2 Å². The number of aromatic nitrogens is 1. The summed E-state index contributed by atoms with van der Waals surface area (Å²) in [6.07, 6.45) is -0.148. The first-order valence-corrected chi connectivity index (χ1v) is 13.7. The van der Waals surface area contributed by atoms with Crippen LogP contribution in [0.15, 0.2) is 35.1 Å². The number of rotatable bonds is 7. The van der Waals surface area contributed by atoms with Crippen LogP contribution in [-0.4, -0.2) is 53.4 Å². The molecular formula is C31H33F2N3O6. The highest BCUT2D eigenvalue weighted by molar-refractivity contribution is 5.97. The van der Waals surface area contributed by atoms with Crippen LogP contribution in [0.1, 0.15) is 45.2 Å². The molecule has 0 saturated carbocycles. The number of aliphatic carboxylic acids is 1. The molecule has 0 spiro atoms. The zero-order chi connectivity index (χ0) is 30.3. The van der Waals surface area contributed by atoms with Crippen molar-refractivity contribution in [3.05, 3.63) is 85.8 Å². The zero-order valence-electron chi connectivity index (χ0n) is 23.9. The molecule has 42 heavy (non-hydrogen) atoms. The Morgan fingerprint density at radius 1 is 1.10 bits per heavy atom. The second kappa shape index (κ2) is 11.7. The van der Waals surface area contributed by atoms with Gasteiger partial charge in [0.05, 0.1) is 32.0 Å². The molecule has 3 aromatic rings. The summed E-state index contributed by atoms with van der Waals surface area (Å²) < 4.78 is 42.8. The number of nitrogens with one attached hydrogen (secondary N) is 1. The first kappa shape index (κ1) is 29.4. The Bertz CT molecular complexity index is 1610. The average Bonchev–Trinajstić information content (AvgIpc) is 3.43. The molecule has 2 aliphatic rings. The quantitative estimate of drug-likeness (QED) is 0.439. The summed E-state index contributed by atoms with van der Waals surface area (Å²) in [6, 6.07) is 5.97. The normalized spacial score (nSPS) is 17.2. The molecule has 1 fully saturated rings. The summed E-state index contributed by atoms with van der Waals surface area (Å²) in [5.74, 6) is -4.69. The van der Waals surface area contributed by atoms with E-state index >= 15 is 8.78 Å². The smallest absolute Gasteiger partial charge is 0.326 e. The molecule has 1 amide bonds. The number of pyridine rings is 1. The van der Waals surface area contributed by atoms with Crippen molar-refractivity contribution >= 4 is 17.6 Å². The Labute approximate surface area is 241 Å². The fourth-order valence-electron chi connectivity index (χ4n) is 5.78. The third kappa shape index (κ3) is 5.41. The van der Waals surface area contributed by atoms with Crippen LogP contribution in [0.25, 0.3) is 11.1 Å². The van der Waals surface area contributed by atoms with E-state index in [9.17, 15) is 19.5 Å². The first-order valence-electron chi connectivity index (χ1n) is 13.7. The highest BCUT2D eigenvalue weighted by Gasteiger charge is 2.30. The predicted molar refractivity (Wildman–Crippen MR) is 152 cm³/mol. The van der Waals surface area contributed by atoms with Gasteiger partial charge in [-0.3, -0.25) is 9.59 Å². The molecule has 1 saturated heterocycles. The number of hydrogen-bond acceptors (Lipinski definition) is 6. The molecule has 2 aromatic carbocycles. The van der Waals surface area contributed by atoms with Crippen LogP contribution in [-0.2, 0) is 41.0 Å². The van der Waals surface area contributed by atoms with E-state index in [4.69, 9.17) is 9.47 Å². The number of morpholine rings is 1. The van der Waals surface area contributed by atoms with Crippen LogP contribution >= 0.6 is 0 Å². The largest absolute Gasteiger partial charge is 0.480 e. The van der Waals surface area contributed by atoms with Gasteiger partial charge < -0.3 is 29.4 Å². The summed E-state index contributed by atoms with van der Waals surface area (Å²) >= 11 is 0. The molecule has 2 N–H and O–H groups in total. The van der Waals surface area contributed by atoms with Crippen molar-refractivity contribution in [1.82, 2.24) is 9.88 Å². The zero-order valence-corrected chi connectivity index (χ0v) is 23.9. The molecule has 11 heteroatoms. The number of anilines is 1. The van der Waals surface area contributed by atoms with Crippen LogP contribution < -0.4 is 15.8 Å². The van der Waals surface area contributed by atoms with E-state index < -0.39 is 35.1 Å². The van der Waals surface area contributed by atoms with Crippen molar-refractivity contribution in [2.75, 3.05) is 24.7 Å². The van der Waals surface area contributed by atoms with E-state index in [0.717, 1.165) is 34.5 Å². The molecule has 3 heterocycles. The summed E-state index contributed by atoms with van der Waals surface area (Å²) in [5, 5.41) is 12.2. The van der Waals surface area contributed by atoms with Crippen LogP contribution in [0.4, 0.5) is 14.5 Å². The van der Waals surface area contributed by atoms with Crippen LogP contribution in [0.3, 0.4) is 0 Å². The van der Waals surface area contributed by atoms with Gasteiger partial charge in [-0.2, -0.15) is 0 Å².